The number of fused-ring (bicyclic) bond motifs is 4. The molecule has 4 heterocycles. The van der Waals surface area contributed by atoms with Crippen LogP contribution in [0.2, 0.25) is 0 Å². The summed E-state index contributed by atoms with van der Waals surface area (Å²) >= 11 is 0. The van der Waals surface area contributed by atoms with Gasteiger partial charge in [0, 0.05) is 0 Å². The van der Waals surface area contributed by atoms with Gasteiger partial charge in [0.2, 0.25) is 0 Å². The van der Waals surface area contributed by atoms with E-state index in [9.17, 15) is 8.42 Å². The fourth-order valence-corrected chi connectivity index (χ4v) is 6.20. The lowest BCUT2D eigenvalue weighted by atomic mass is 10.0. The summed E-state index contributed by atoms with van der Waals surface area (Å²) in [6, 6.07) is 0. The van der Waals surface area contributed by atoms with Crippen molar-refractivity contribution in [1.82, 2.24) is 0 Å². The topological polar surface area (TPSA) is 52.6 Å². The summed E-state index contributed by atoms with van der Waals surface area (Å²) in [5.74, 6) is 0. The van der Waals surface area contributed by atoms with Crippen LogP contribution in [-0.2, 0) is 19.3 Å². The Morgan fingerprint density at radius 3 is 1.63 bits per heavy atom. The molecule has 6 unspecified atom stereocenters. The highest BCUT2D eigenvalue weighted by atomic mass is 32.2. The van der Waals surface area contributed by atoms with Crippen LogP contribution < -0.4 is 0 Å². The van der Waals surface area contributed by atoms with Crippen LogP contribution in [0.5, 0.6) is 0 Å². The minimum Gasteiger partial charge on any atom is -0.365 e. The molecule has 19 heavy (non-hydrogen) atoms. The van der Waals surface area contributed by atoms with Crippen molar-refractivity contribution in [3.05, 3.63) is 23.3 Å². The molecule has 0 aromatic heterocycles. The van der Waals surface area contributed by atoms with E-state index in [2.05, 4.69) is 0 Å². The molecule has 0 aliphatic carbocycles. The Labute approximate surface area is 113 Å². The first kappa shape index (κ1) is 12.1. The van der Waals surface area contributed by atoms with Crippen molar-refractivity contribution in [1.29, 1.82) is 0 Å². The van der Waals surface area contributed by atoms with E-state index in [0.717, 1.165) is 0 Å². The molecule has 4 nitrogen and oxygen atoms in total. The molecule has 0 amide bonds. The number of sulfone groups is 1. The second-order valence-electron chi connectivity index (χ2n) is 6.14. The Morgan fingerprint density at radius 1 is 0.947 bits per heavy atom. The molecule has 4 bridgehead atoms. The third-order valence-corrected chi connectivity index (χ3v) is 7.59. The van der Waals surface area contributed by atoms with Gasteiger partial charge in [0.05, 0.1) is 34.9 Å². The van der Waals surface area contributed by atoms with Crippen molar-refractivity contribution in [3.8, 4) is 0 Å². The Hall–Kier alpha value is -0.650. The van der Waals surface area contributed by atoms with Gasteiger partial charge in [-0.15, -0.1) is 0 Å². The van der Waals surface area contributed by atoms with Crippen molar-refractivity contribution in [2.75, 3.05) is 0 Å². The highest BCUT2D eigenvalue weighted by molar-refractivity contribution is 7.92. The molecule has 6 atom stereocenters. The minimum absolute atomic E-state index is 0.0153. The van der Waals surface area contributed by atoms with Crippen LogP contribution in [0.3, 0.4) is 0 Å². The first-order chi connectivity index (χ1) is 8.96. The molecular weight excluding hydrogens is 264 g/mol. The number of rotatable bonds is 2. The van der Waals surface area contributed by atoms with Gasteiger partial charge < -0.3 is 9.47 Å². The Kier molecular flexibility index (Phi) is 2.37. The van der Waals surface area contributed by atoms with Crippen LogP contribution >= 0.6 is 0 Å². The van der Waals surface area contributed by atoms with E-state index in [1.165, 1.54) is 11.1 Å². The SMILES string of the molecule is CC1=CC2OC1CC2S(=O)(=O)C1CC2OC1C=C2C. The van der Waals surface area contributed by atoms with Crippen LogP contribution in [0.15, 0.2) is 23.3 Å². The zero-order valence-electron chi connectivity index (χ0n) is 11.1. The largest absolute Gasteiger partial charge is 0.365 e. The van der Waals surface area contributed by atoms with Gasteiger partial charge in [-0.2, -0.15) is 0 Å². The molecule has 0 radical (unpaired) electrons. The highest BCUT2D eigenvalue weighted by Crippen LogP contribution is 2.44. The lowest BCUT2D eigenvalue weighted by Gasteiger charge is -2.24. The quantitative estimate of drug-likeness (QED) is 0.718. The summed E-state index contributed by atoms with van der Waals surface area (Å²) in [4.78, 5) is 0. The van der Waals surface area contributed by atoms with Crippen LogP contribution in [0.4, 0.5) is 0 Å². The lowest BCUT2D eigenvalue weighted by molar-refractivity contribution is 0.115. The van der Waals surface area contributed by atoms with Gasteiger partial charge in [0.25, 0.3) is 0 Å². The lowest BCUT2D eigenvalue weighted by Crippen LogP contribution is -2.41. The monoisotopic (exact) mass is 282 g/mol. The normalized spacial score (nSPS) is 47.7. The molecule has 0 aromatic carbocycles. The van der Waals surface area contributed by atoms with Crippen molar-refractivity contribution in [2.24, 2.45) is 0 Å². The van der Waals surface area contributed by atoms with Crippen LogP contribution in [0.1, 0.15) is 26.7 Å². The first-order valence-electron chi connectivity index (χ1n) is 6.87. The average Bonchev–Trinajstić information content (AvgIpc) is 3.04. The maximum atomic E-state index is 12.8. The molecule has 4 aliphatic heterocycles. The summed E-state index contributed by atoms with van der Waals surface area (Å²) in [7, 11) is -3.19. The van der Waals surface area contributed by atoms with Crippen molar-refractivity contribution in [3.63, 3.8) is 0 Å². The molecule has 4 aliphatic rings. The number of hydrogen-bond donors (Lipinski definition) is 0. The zero-order chi connectivity index (χ0) is 13.4. The van der Waals surface area contributed by atoms with E-state index in [-0.39, 0.29) is 34.9 Å². The third kappa shape index (κ3) is 1.55. The molecule has 4 rings (SSSR count). The van der Waals surface area contributed by atoms with Gasteiger partial charge >= 0.3 is 0 Å². The molecule has 0 N–H and O–H groups in total. The molecule has 0 spiro atoms. The van der Waals surface area contributed by atoms with Gasteiger partial charge in [-0.25, -0.2) is 8.42 Å². The number of hydrogen-bond acceptors (Lipinski definition) is 4. The maximum Gasteiger partial charge on any atom is 0.161 e. The van der Waals surface area contributed by atoms with E-state index >= 15 is 0 Å². The number of ether oxygens (including phenoxy) is 2. The van der Waals surface area contributed by atoms with E-state index in [1.807, 2.05) is 26.0 Å². The molecule has 2 saturated heterocycles. The van der Waals surface area contributed by atoms with E-state index < -0.39 is 9.84 Å². The van der Waals surface area contributed by atoms with Gasteiger partial charge in [-0.05, 0) is 37.8 Å². The molecule has 104 valence electrons. The smallest absolute Gasteiger partial charge is 0.161 e. The van der Waals surface area contributed by atoms with Crippen molar-refractivity contribution in [2.45, 2.75) is 61.6 Å². The van der Waals surface area contributed by atoms with E-state index in [1.54, 1.807) is 0 Å². The van der Waals surface area contributed by atoms with Crippen LogP contribution in [0.25, 0.3) is 0 Å². The van der Waals surface area contributed by atoms with Crippen LogP contribution in [0, 0.1) is 0 Å². The summed E-state index contributed by atoms with van der Waals surface area (Å²) in [6.45, 7) is 4.03. The minimum atomic E-state index is -3.19. The highest BCUT2D eigenvalue weighted by Gasteiger charge is 2.54. The second kappa shape index (κ2) is 3.71. The predicted octanol–water partition coefficient (Wildman–Crippen LogP) is 1.37. The van der Waals surface area contributed by atoms with Crippen molar-refractivity contribution < 1.29 is 17.9 Å². The summed E-state index contributed by atoms with van der Waals surface area (Å²) < 4.78 is 37.1. The summed E-state index contributed by atoms with van der Waals surface area (Å²) in [5.41, 5.74) is 2.35. The molecule has 0 saturated carbocycles. The molecular formula is C14H18O4S. The molecule has 2 fully saturated rings. The summed E-state index contributed by atoms with van der Waals surface area (Å²) in [6.07, 6.45) is 4.75. The fraction of sp³-hybridized carbons (Fsp3) is 0.714. The third-order valence-electron chi connectivity index (χ3n) is 4.98. The average molecular weight is 282 g/mol. The van der Waals surface area contributed by atoms with Gasteiger partial charge in [0.1, 0.15) is 0 Å². The van der Waals surface area contributed by atoms with E-state index in [4.69, 9.17) is 9.47 Å². The maximum absolute atomic E-state index is 12.8. The Morgan fingerprint density at radius 2 is 1.37 bits per heavy atom. The molecule has 0 aromatic rings. The zero-order valence-corrected chi connectivity index (χ0v) is 11.9. The standard InChI is InChI=1S/C14H18O4S/c1-7-3-11-13(5-9(7)17-11)19(15,16)14-6-10-8(2)4-12(14)18-10/h3-4,9-14H,5-6H2,1-2H3. The second-order valence-corrected chi connectivity index (χ2v) is 8.53. The van der Waals surface area contributed by atoms with Gasteiger partial charge in [0.15, 0.2) is 9.84 Å². The Balaban J connectivity index is 1.62. The van der Waals surface area contributed by atoms with Crippen molar-refractivity contribution >= 4 is 9.84 Å². The Bertz CT molecular complexity index is 543. The van der Waals surface area contributed by atoms with E-state index in [0.29, 0.717) is 12.8 Å². The van der Waals surface area contributed by atoms with Gasteiger partial charge in [-0.1, -0.05) is 12.2 Å². The first-order valence-corrected chi connectivity index (χ1v) is 8.48. The van der Waals surface area contributed by atoms with Gasteiger partial charge in [-0.3, -0.25) is 0 Å². The molecule has 5 heteroatoms. The summed E-state index contributed by atoms with van der Waals surface area (Å²) in [5, 5.41) is -0.745. The fourth-order valence-electron chi connectivity index (χ4n) is 3.84. The predicted molar refractivity (Wildman–Crippen MR) is 70.6 cm³/mol. The van der Waals surface area contributed by atoms with Crippen LogP contribution in [-0.4, -0.2) is 43.3 Å².